The fraction of sp³-hybridized carbons (Fsp3) is 0.222. The third kappa shape index (κ3) is 2.54. The van der Waals surface area contributed by atoms with E-state index < -0.39 is 0 Å². The Labute approximate surface area is 134 Å². The van der Waals surface area contributed by atoms with Crippen LogP contribution in [0.25, 0.3) is 11.3 Å². The van der Waals surface area contributed by atoms with Crippen LogP contribution in [0.1, 0.15) is 16.7 Å². The SMILES string of the molecule is COc1ccc(Cn2cc3c(c2)-c2nc(N)ncc2CC3)cc1. The molecule has 0 bridgehead atoms. The van der Waals surface area contributed by atoms with Crippen LogP contribution in [0.3, 0.4) is 0 Å². The summed E-state index contributed by atoms with van der Waals surface area (Å²) in [4.78, 5) is 8.54. The Hall–Kier alpha value is -2.82. The van der Waals surface area contributed by atoms with Crippen LogP contribution in [0.5, 0.6) is 5.75 Å². The zero-order valence-corrected chi connectivity index (χ0v) is 13.0. The Balaban J connectivity index is 1.65. The zero-order valence-electron chi connectivity index (χ0n) is 13.0. The molecule has 0 amide bonds. The molecule has 0 radical (unpaired) electrons. The number of aromatic nitrogens is 3. The number of benzene rings is 1. The number of fused-ring (bicyclic) bond motifs is 3. The fourth-order valence-electron chi connectivity index (χ4n) is 3.11. The van der Waals surface area contributed by atoms with E-state index in [1.807, 2.05) is 18.3 Å². The van der Waals surface area contributed by atoms with Crippen molar-refractivity contribution in [3.63, 3.8) is 0 Å². The molecule has 2 aromatic heterocycles. The zero-order chi connectivity index (χ0) is 15.8. The molecule has 116 valence electrons. The van der Waals surface area contributed by atoms with Crippen molar-refractivity contribution in [1.29, 1.82) is 0 Å². The van der Waals surface area contributed by atoms with Gasteiger partial charge in [-0.3, -0.25) is 0 Å². The van der Waals surface area contributed by atoms with Gasteiger partial charge in [-0.15, -0.1) is 0 Å². The summed E-state index contributed by atoms with van der Waals surface area (Å²) >= 11 is 0. The lowest BCUT2D eigenvalue weighted by molar-refractivity contribution is 0.414. The molecule has 0 unspecified atom stereocenters. The second-order valence-corrected chi connectivity index (χ2v) is 5.82. The second kappa shape index (κ2) is 5.43. The summed E-state index contributed by atoms with van der Waals surface area (Å²) in [5.41, 5.74) is 11.6. The van der Waals surface area contributed by atoms with Gasteiger partial charge in [0.25, 0.3) is 0 Å². The Bertz CT molecular complexity index is 852. The van der Waals surface area contributed by atoms with Crippen LogP contribution in [-0.4, -0.2) is 21.6 Å². The fourth-order valence-corrected chi connectivity index (χ4v) is 3.11. The number of nitrogens with zero attached hydrogens (tertiary/aromatic N) is 3. The van der Waals surface area contributed by atoms with Gasteiger partial charge in [-0.2, -0.15) is 0 Å². The van der Waals surface area contributed by atoms with Crippen molar-refractivity contribution in [3.05, 3.63) is 59.5 Å². The molecule has 0 saturated carbocycles. The van der Waals surface area contributed by atoms with E-state index in [1.165, 1.54) is 22.3 Å². The molecule has 1 aliphatic rings. The van der Waals surface area contributed by atoms with E-state index in [-0.39, 0.29) is 0 Å². The number of rotatable bonds is 3. The van der Waals surface area contributed by atoms with E-state index in [1.54, 1.807) is 7.11 Å². The number of ether oxygens (including phenoxy) is 1. The molecule has 0 atom stereocenters. The summed E-state index contributed by atoms with van der Waals surface area (Å²) in [6.07, 6.45) is 8.20. The Morgan fingerprint density at radius 1 is 1.13 bits per heavy atom. The lowest BCUT2D eigenvalue weighted by Gasteiger charge is -2.14. The topological polar surface area (TPSA) is 66.0 Å². The lowest BCUT2D eigenvalue weighted by Crippen LogP contribution is -2.06. The molecular weight excluding hydrogens is 288 g/mol. The Kier molecular flexibility index (Phi) is 3.26. The molecule has 0 spiro atoms. The van der Waals surface area contributed by atoms with E-state index in [0.717, 1.165) is 30.8 Å². The van der Waals surface area contributed by atoms with E-state index in [0.29, 0.717) is 5.95 Å². The first-order valence-corrected chi connectivity index (χ1v) is 7.66. The van der Waals surface area contributed by atoms with Crippen LogP contribution >= 0.6 is 0 Å². The maximum Gasteiger partial charge on any atom is 0.220 e. The third-order valence-corrected chi connectivity index (χ3v) is 4.29. The van der Waals surface area contributed by atoms with Crippen LogP contribution < -0.4 is 10.5 Å². The molecular formula is C18H18N4O. The van der Waals surface area contributed by atoms with Crippen LogP contribution in [0.15, 0.2) is 42.9 Å². The van der Waals surface area contributed by atoms with Gasteiger partial charge in [-0.05, 0) is 41.7 Å². The van der Waals surface area contributed by atoms with Crippen molar-refractivity contribution >= 4 is 5.95 Å². The highest BCUT2D eigenvalue weighted by atomic mass is 16.5. The standard InChI is InChI=1S/C18H18N4O/c1-23-15-6-2-12(3-7-15)9-22-10-14-5-4-13-8-20-18(19)21-17(13)16(14)11-22/h2-3,6-8,10-11H,4-5,9H2,1H3,(H2,19,20,21). The predicted molar refractivity (Wildman–Crippen MR) is 89.4 cm³/mol. The number of hydrogen-bond donors (Lipinski definition) is 1. The average molecular weight is 306 g/mol. The van der Waals surface area contributed by atoms with Gasteiger partial charge >= 0.3 is 0 Å². The van der Waals surface area contributed by atoms with Crippen molar-refractivity contribution in [2.75, 3.05) is 12.8 Å². The highest BCUT2D eigenvalue weighted by Gasteiger charge is 2.20. The highest BCUT2D eigenvalue weighted by molar-refractivity contribution is 5.69. The first kappa shape index (κ1) is 13.8. The van der Waals surface area contributed by atoms with Crippen LogP contribution in [0.4, 0.5) is 5.95 Å². The quantitative estimate of drug-likeness (QED) is 0.808. The maximum atomic E-state index is 5.76. The van der Waals surface area contributed by atoms with Gasteiger partial charge in [0.15, 0.2) is 0 Å². The summed E-state index contributed by atoms with van der Waals surface area (Å²) in [5, 5.41) is 0. The van der Waals surface area contributed by atoms with Crippen LogP contribution in [0.2, 0.25) is 0 Å². The van der Waals surface area contributed by atoms with Crippen molar-refractivity contribution < 1.29 is 4.74 Å². The van der Waals surface area contributed by atoms with Crippen LogP contribution in [-0.2, 0) is 19.4 Å². The Morgan fingerprint density at radius 3 is 2.70 bits per heavy atom. The summed E-state index contributed by atoms with van der Waals surface area (Å²) in [7, 11) is 1.68. The third-order valence-electron chi connectivity index (χ3n) is 4.29. The van der Waals surface area contributed by atoms with Gasteiger partial charge in [-0.25, -0.2) is 9.97 Å². The summed E-state index contributed by atoms with van der Waals surface area (Å²) in [6.45, 7) is 0.826. The molecule has 23 heavy (non-hydrogen) atoms. The lowest BCUT2D eigenvalue weighted by atomic mass is 9.93. The largest absolute Gasteiger partial charge is 0.497 e. The second-order valence-electron chi connectivity index (χ2n) is 5.82. The Morgan fingerprint density at radius 2 is 1.91 bits per heavy atom. The van der Waals surface area contributed by atoms with Gasteiger partial charge in [0.1, 0.15) is 5.75 Å². The number of anilines is 1. The van der Waals surface area contributed by atoms with E-state index in [4.69, 9.17) is 10.5 Å². The molecule has 2 heterocycles. The monoisotopic (exact) mass is 306 g/mol. The summed E-state index contributed by atoms with van der Waals surface area (Å²) in [6, 6.07) is 8.15. The molecule has 5 heteroatoms. The van der Waals surface area contributed by atoms with E-state index in [2.05, 4.69) is 39.1 Å². The van der Waals surface area contributed by atoms with E-state index in [9.17, 15) is 0 Å². The first-order chi connectivity index (χ1) is 11.2. The smallest absolute Gasteiger partial charge is 0.220 e. The summed E-state index contributed by atoms with van der Waals surface area (Å²) in [5.74, 6) is 1.21. The van der Waals surface area contributed by atoms with Gasteiger partial charge in [0.05, 0.1) is 12.8 Å². The number of aryl methyl sites for hydroxylation is 2. The molecule has 0 fully saturated rings. The number of nitrogen functional groups attached to an aromatic ring is 1. The normalized spacial score (nSPS) is 12.6. The number of nitrogens with two attached hydrogens (primary N) is 1. The molecule has 2 N–H and O–H groups in total. The van der Waals surface area contributed by atoms with Crippen molar-refractivity contribution in [2.45, 2.75) is 19.4 Å². The molecule has 4 rings (SSSR count). The molecule has 3 aromatic rings. The van der Waals surface area contributed by atoms with Crippen molar-refractivity contribution in [1.82, 2.24) is 14.5 Å². The van der Waals surface area contributed by atoms with Crippen molar-refractivity contribution in [2.24, 2.45) is 0 Å². The first-order valence-electron chi connectivity index (χ1n) is 7.66. The number of hydrogen-bond acceptors (Lipinski definition) is 4. The van der Waals surface area contributed by atoms with Crippen molar-refractivity contribution in [3.8, 4) is 17.0 Å². The van der Waals surface area contributed by atoms with E-state index >= 15 is 0 Å². The highest BCUT2D eigenvalue weighted by Crippen LogP contribution is 2.32. The molecule has 5 nitrogen and oxygen atoms in total. The maximum absolute atomic E-state index is 5.76. The minimum Gasteiger partial charge on any atom is -0.497 e. The molecule has 1 aromatic carbocycles. The summed E-state index contributed by atoms with van der Waals surface area (Å²) < 4.78 is 7.41. The molecule has 0 saturated heterocycles. The minimum absolute atomic E-state index is 0.333. The molecule has 1 aliphatic carbocycles. The minimum atomic E-state index is 0.333. The van der Waals surface area contributed by atoms with Crippen LogP contribution in [0, 0.1) is 0 Å². The van der Waals surface area contributed by atoms with Gasteiger partial charge < -0.3 is 15.0 Å². The van der Waals surface area contributed by atoms with Gasteiger partial charge in [0.2, 0.25) is 5.95 Å². The average Bonchev–Trinajstić information content (AvgIpc) is 2.98. The van der Waals surface area contributed by atoms with Gasteiger partial charge in [0, 0.05) is 30.7 Å². The number of methoxy groups -OCH3 is 1. The van der Waals surface area contributed by atoms with Gasteiger partial charge in [-0.1, -0.05) is 12.1 Å². The molecule has 0 aliphatic heterocycles. The predicted octanol–water partition coefficient (Wildman–Crippen LogP) is 2.68.